The minimum absolute atomic E-state index is 0.0964. The molecule has 1 aromatic rings. The highest BCUT2D eigenvalue weighted by Gasteiger charge is 2.34. The molecule has 1 rings (SSSR count). The van der Waals surface area contributed by atoms with E-state index in [9.17, 15) is 22.4 Å². The standard InChI is InChI=1S/C11H11F4NO4/c1-18-8(17)3-7-9(19-2)6(4-12)5-16-10(7)20-11(13,14)15/h5H,3-4H2,1-2H3. The summed E-state index contributed by atoms with van der Waals surface area (Å²) in [7, 11) is 2.19. The van der Waals surface area contributed by atoms with Gasteiger partial charge in [-0.05, 0) is 0 Å². The van der Waals surface area contributed by atoms with Gasteiger partial charge in [0.1, 0.15) is 12.4 Å². The predicted octanol–water partition coefficient (Wildman–Crippen LogP) is 2.17. The van der Waals surface area contributed by atoms with Crippen LogP contribution >= 0.6 is 0 Å². The smallest absolute Gasteiger partial charge is 0.496 e. The van der Waals surface area contributed by atoms with E-state index >= 15 is 0 Å². The molecule has 0 aromatic carbocycles. The summed E-state index contributed by atoms with van der Waals surface area (Å²) in [5.41, 5.74) is -0.423. The van der Waals surface area contributed by atoms with Gasteiger partial charge in [0.25, 0.3) is 0 Å². The molecule has 9 heteroatoms. The summed E-state index contributed by atoms with van der Waals surface area (Å²) in [6, 6.07) is 0. The number of carbonyl (C=O) groups is 1. The van der Waals surface area contributed by atoms with Gasteiger partial charge in [-0.25, -0.2) is 9.37 Å². The molecule has 1 aromatic heterocycles. The Hall–Kier alpha value is -2.06. The fourth-order valence-corrected chi connectivity index (χ4v) is 1.48. The van der Waals surface area contributed by atoms with E-state index in [0.29, 0.717) is 0 Å². The quantitative estimate of drug-likeness (QED) is 0.616. The van der Waals surface area contributed by atoms with Crippen LogP contribution in [0.1, 0.15) is 11.1 Å². The molecule has 20 heavy (non-hydrogen) atoms. The SMILES string of the molecule is COC(=O)Cc1c(OC(F)(F)F)ncc(CF)c1OC. The number of aromatic nitrogens is 1. The number of carbonyl (C=O) groups excluding carboxylic acids is 1. The van der Waals surface area contributed by atoms with Crippen LogP contribution in [0.25, 0.3) is 0 Å². The Morgan fingerprint density at radius 1 is 1.35 bits per heavy atom. The zero-order chi connectivity index (χ0) is 15.3. The van der Waals surface area contributed by atoms with Gasteiger partial charge in [0.05, 0.1) is 26.2 Å². The molecule has 0 bridgehead atoms. The number of rotatable bonds is 5. The number of ether oxygens (including phenoxy) is 3. The third-order valence-corrected chi connectivity index (χ3v) is 2.27. The number of nitrogens with zero attached hydrogens (tertiary/aromatic N) is 1. The van der Waals surface area contributed by atoms with E-state index in [4.69, 9.17) is 4.74 Å². The molecule has 0 N–H and O–H groups in total. The molecule has 0 atom stereocenters. The van der Waals surface area contributed by atoms with Gasteiger partial charge in [0.15, 0.2) is 0 Å². The van der Waals surface area contributed by atoms with E-state index in [1.807, 2.05) is 0 Å². The third kappa shape index (κ3) is 3.97. The molecule has 0 aliphatic heterocycles. The zero-order valence-corrected chi connectivity index (χ0v) is 10.6. The van der Waals surface area contributed by atoms with E-state index in [0.717, 1.165) is 20.4 Å². The molecular formula is C11H11F4NO4. The molecule has 0 saturated carbocycles. The molecule has 0 amide bonds. The molecule has 1 heterocycles. The Balaban J connectivity index is 3.31. The monoisotopic (exact) mass is 297 g/mol. The molecular weight excluding hydrogens is 286 g/mol. The van der Waals surface area contributed by atoms with Crippen molar-refractivity contribution in [1.82, 2.24) is 4.98 Å². The third-order valence-electron chi connectivity index (χ3n) is 2.27. The number of alkyl halides is 4. The summed E-state index contributed by atoms with van der Waals surface area (Å²) in [5, 5.41) is 0. The number of esters is 1. The molecule has 5 nitrogen and oxygen atoms in total. The maximum absolute atomic E-state index is 12.7. The zero-order valence-electron chi connectivity index (χ0n) is 10.6. The highest BCUT2D eigenvalue weighted by molar-refractivity contribution is 5.74. The van der Waals surface area contributed by atoms with Crippen LogP contribution in [-0.2, 0) is 22.6 Å². The fourth-order valence-electron chi connectivity index (χ4n) is 1.48. The van der Waals surface area contributed by atoms with Crippen LogP contribution in [0.2, 0.25) is 0 Å². The lowest BCUT2D eigenvalue weighted by molar-refractivity contribution is -0.276. The molecule has 0 unspecified atom stereocenters. The highest BCUT2D eigenvalue weighted by Crippen LogP contribution is 2.34. The van der Waals surface area contributed by atoms with Crippen LogP contribution in [0.4, 0.5) is 17.6 Å². The molecule has 112 valence electrons. The van der Waals surface area contributed by atoms with Crippen molar-refractivity contribution in [2.45, 2.75) is 19.5 Å². The van der Waals surface area contributed by atoms with Crippen molar-refractivity contribution < 1.29 is 36.6 Å². The second-order valence-corrected chi connectivity index (χ2v) is 3.53. The minimum atomic E-state index is -5.00. The lowest BCUT2D eigenvalue weighted by Gasteiger charge is -2.16. The van der Waals surface area contributed by atoms with Crippen molar-refractivity contribution >= 4 is 5.97 Å². The Morgan fingerprint density at radius 2 is 2.00 bits per heavy atom. The summed E-state index contributed by atoms with van der Waals surface area (Å²) in [6.45, 7) is -1.02. The van der Waals surface area contributed by atoms with Gasteiger partial charge < -0.3 is 14.2 Å². The first-order valence-corrected chi connectivity index (χ1v) is 5.25. The van der Waals surface area contributed by atoms with Crippen molar-refractivity contribution in [3.63, 3.8) is 0 Å². The maximum atomic E-state index is 12.7. The summed E-state index contributed by atoms with van der Waals surface area (Å²) in [6.07, 6.45) is -4.74. The van der Waals surface area contributed by atoms with Gasteiger partial charge in [-0.1, -0.05) is 0 Å². The number of methoxy groups -OCH3 is 2. The molecule has 0 aliphatic rings. The maximum Gasteiger partial charge on any atom is 0.574 e. The first kappa shape index (κ1) is 16.0. The van der Waals surface area contributed by atoms with Crippen LogP contribution in [-0.4, -0.2) is 31.5 Å². The second kappa shape index (κ2) is 6.40. The van der Waals surface area contributed by atoms with Crippen LogP contribution in [0.5, 0.6) is 11.6 Å². The molecule has 0 spiro atoms. The topological polar surface area (TPSA) is 57.7 Å². The number of hydrogen-bond donors (Lipinski definition) is 0. The van der Waals surface area contributed by atoms with Crippen molar-refractivity contribution in [2.75, 3.05) is 14.2 Å². The second-order valence-electron chi connectivity index (χ2n) is 3.53. The van der Waals surface area contributed by atoms with Crippen molar-refractivity contribution in [3.8, 4) is 11.6 Å². The lowest BCUT2D eigenvalue weighted by atomic mass is 10.1. The summed E-state index contributed by atoms with van der Waals surface area (Å²) >= 11 is 0. The molecule has 0 aliphatic carbocycles. The Labute approximate surface area is 111 Å². The van der Waals surface area contributed by atoms with Crippen LogP contribution in [0.3, 0.4) is 0 Å². The minimum Gasteiger partial charge on any atom is -0.496 e. The van der Waals surface area contributed by atoms with Crippen molar-refractivity contribution in [3.05, 3.63) is 17.3 Å². The van der Waals surface area contributed by atoms with Crippen LogP contribution in [0, 0.1) is 0 Å². The Kier molecular flexibility index (Phi) is 5.12. The number of halogens is 4. The van der Waals surface area contributed by atoms with Gasteiger partial charge >= 0.3 is 12.3 Å². The van der Waals surface area contributed by atoms with E-state index < -0.39 is 31.3 Å². The first-order chi connectivity index (χ1) is 9.32. The van der Waals surface area contributed by atoms with Gasteiger partial charge in [0.2, 0.25) is 5.88 Å². The summed E-state index contributed by atoms with van der Waals surface area (Å²) in [4.78, 5) is 14.6. The molecule has 0 fully saturated rings. The van der Waals surface area contributed by atoms with Crippen LogP contribution in [0.15, 0.2) is 6.20 Å². The van der Waals surface area contributed by atoms with E-state index in [1.54, 1.807) is 0 Å². The average molecular weight is 297 g/mol. The van der Waals surface area contributed by atoms with Crippen molar-refractivity contribution in [1.29, 1.82) is 0 Å². The van der Waals surface area contributed by atoms with Gasteiger partial charge in [-0.2, -0.15) is 0 Å². The molecule has 0 saturated heterocycles. The predicted molar refractivity (Wildman–Crippen MR) is 58.0 cm³/mol. The van der Waals surface area contributed by atoms with Gasteiger partial charge in [0, 0.05) is 11.8 Å². The van der Waals surface area contributed by atoms with E-state index in [-0.39, 0.29) is 16.9 Å². The lowest BCUT2D eigenvalue weighted by Crippen LogP contribution is -2.20. The first-order valence-electron chi connectivity index (χ1n) is 5.25. The summed E-state index contributed by atoms with van der Waals surface area (Å²) < 4.78 is 62.4. The van der Waals surface area contributed by atoms with E-state index in [1.165, 1.54) is 0 Å². The van der Waals surface area contributed by atoms with Crippen LogP contribution < -0.4 is 9.47 Å². The normalized spacial score (nSPS) is 11.1. The Bertz CT molecular complexity index is 490. The van der Waals surface area contributed by atoms with Gasteiger partial charge in [-0.15, -0.1) is 13.2 Å². The van der Waals surface area contributed by atoms with Crippen molar-refractivity contribution in [2.24, 2.45) is 0 Å². The Morgan fingerprint density at radius 3 is 2.45 bits per heavy atom. The van der Waals surface area contributed by atoms with Gasteiger partial charge in [-0.3, -0.25) is 4.79 Å². The average Bonchev–Trinajstić information content (AvgIpc) is 2.38. The fraction of sp³-hybridized carbons (Fsp3) is 0.455. The number of pyridine rings is 1. The number of hydrogen-bond acceptors (Lipinski definition) is 5. The molecule has 0 radical (unpaired) electrons. The highest BCUT2D eigenvalue weighted by atomic mass is 19.4. The largest absolute Gasteiger partial charge is 0.574 e. The summed E-state index contributed by atoms with van der Waals surface area (Å²) in [5.74, 6) is -1.95. The van der Waals surface area contributed by atoms with E-state index in [2.05, 4.69) is 14.5 Å².